The molecule has 0 saturated heterocycles. The zero-order chi connectivity index (χ0) is 8.97. The first-order valence-electron chi connectivity index (χ1n) is 4.23. The number of hydrogen-bond acceptors (Lipinski definition) is 3. The molecular weight excluding hydrogens is 186 g/mol. The molecule has 0 aliphatic rings. The van der Waals surface area contributed by atoms with Crippen molar-refractivity contribution in [2.24, 2.45) is 5.92 Å². The zero-order valence-corrected chi connectivity index (χ0v) is 9.47. The van der Waals surface area contributed by atoms with Crippen LogP contribution in [0, 0.1) is 12.8 Å². The molecule has 12 heavy (non-hydrogen) atoms. The van der Waals surface area contributed by atoms with Gasteiger partial charge in [0, 0.05) is 16.8 Å². The third-order valence-electron chi connectivity index (χ3n) is 1.52. The van der Waals surface area contributed by atoms with Crippen LogP contribution in [0.2, 0.25) is 0 Å². The Morgan fingerprint density at radius 3 is 2.83 bits per heavy atom. The first-order valence-corrected chi connectivity index (χ1v) is 6.04. The second kappa shape index (κ2) is 4.87. The lowest BCUT2D eigenvalue weighted by Gasteiger charge is -2.00. The van der Waals surface area contributed by atoms with Crippen molar-refractivity contribution in [3.05, 3.63) is 11.1 Å². The maximum absolute atomic E-state index is 4.29. The fourth-order valence-corrected chi connectivity index (χ4v) is 3.04. The first kappa shape index (κ1) is 10.1. The normalized spacial score (nSPS) is 11.0. The van der Waals surface area contributed by atoms with Crippen LogP contribution in [0.5, 0.6) is 0 Å². The van der Waals surface area contributed by atoms with Gasteiger partial charge in [0.05, 0.1) is 0 Å². The van der Waals surface area contributed by atoms with Crippen molar-refractivity contribution in [1.82, 2.24) is 4.98 Å². The number of aromatic nitrogens is 1. The molecular formula is C9H15NS2. The molecule has 0 saturated carbocycles. The van der Waals surface area contributed by atoms with Crippen molar-refractivity contribution < 1.29 is 0 Å². The van der Waals surface area contributed by atoms with Gasteiger partial charge in [-0.2, -0.15) is 0 Å². The van der Waals surface area contributed by atoms with Crippen molar-refractivity contribution in [3.63, 3.8) is 0 Å². The second-order valence-corrected chi connectivity index (χ2v) is 5.84. The number of nitrogens with zero attached hydrogens (tertiary/aromatic N) is 1. The first-order chi connectivity index (χ1) is 5.68. The molecule has 0 bridgehead atoms. The molecule has 0 amide bonds. The molecule has 1 nitrogen and oxygen atoms in total. The fraction of sp³-hybridized carbons (Fsp3) is 0.667. The average Bonchev–Trinajstić information content (AvgIpc) is 2.35. The summed E-state index contributed by atoms with van der Waals surface area (Å²) >= 11 is 3.67. The molecule has 0 aromatic carbocycles. The van der Waals surface area contributed by atoms with Gasteiger partial charge in [-0.3, -0.25) is 0 Å². The third kappa shape index (κ3) is 3.59. The van der Waals surface area contributed by atoms with Crippen molar-refractivity contribution >= 4 is 23.1 Å². The van der Waals surface area contributed by atoms with Crippen LogP contribution in [0.4, 0.5) is 0 Å². The van der Waals surface area contributed by atoms with Gasteiger partial charge in [0.25, 0.3) is 0 Å². The van der Waals surface area contributed by atoms with E-state index in [1.807, 2.05) is 18.0 Å². The Labute approximate surface area is 82.6 Å². The lowest BCUT2D eigenvalue weighted by molar-refractivity contribution is 0.632. The van der Waals surface area contributed by atoms with E-state index in [0.717, 1.165) is 5.92 Å². The van der Waals surface area contributed by atoms with E-state index in [1.54, 1.807) is 11.3 Å². The van der Waals surface area contributed by atoms with E-state index in [1.165, 1.54) is 21.4 Å². The van der Waals surface area contributed by atoms with Crippen LogP contribution in [-0.2, 0) is 0 Å². The Hall–Kier alpha value is -0.0200. The molecule has 0 fully saturated rings. The summed E-state index contributed by atoms with van der Waals surface area (Å²) in [6, 6.07) is 0. The summed E-state index contributed by atoms with van der Waals surface area (Å²) in [5, 5.41) is 0. The maximum atomic E-state index is 4.29. The van der Waals surface area contributed by atoms with E-state index in [0.29, 0.717) is 0 Å². The fourth-order valence-electron chi connectivity index (χ4n) is 0.783. The molecule has 68 valence electrons. The highest BCUT2D eigenvalue weighted by Crippen LogP contribution is 2.24. The van der Waals surface area contributed by atoms with Gasteiger partial charge in [-0.05, 0) is 19.3 Å². The molecule has 0 unspecified atom stereocenters. The van der Waals surface area contributed by atoms with E-state index in [4.69, 9.17) is 0 Å². The number of rotatable bonds is 4. The van der Waals surface area contributed by atoms with E-state index in [-0.39, 0.29) is 0 Å². The van der Waals surface area contributed by atoms with Gasteiger partial charge in [0.2, 0.25) is 0 Å². The van der Waals surface area contributed by atoms with Crippen LogP contribution >= 0.6 is 23.1 Å². The highest BCUT2D eigenvalue weighted by atomic mass is 32.2. The minimum absolute atomic E-state index is 0.804. The number of aryl methyl sites for hydroxylation is 1. The number of thioether (sulfide) groups is 1. The molecule has 0 aliphatic carbocycles. The van der Waals surface area contributed by atoms with Gasteiger partial charge in [-0.25, -0.2) is 4.98 Å². The van der Waals surface area contributed by atoms with Gasteiger partial charge in [-0.1, -0.05) is 25.6 Å². The molecule has 0 radical (unpaired) electrons. The Balaban J connectivity index is 2.24. The maximum Gasteiger partial charge on any atom is 0.150 e. The molecule has 0 atom stereocenters. The monoisotopic (exact) mass is 201 g/mol. The van der Waals surface area contributed by atoms with Crippen LogP contribution in [0.15, 0.2) is 10.5 Å². The lowest BCUT2D eigenvalue weighted by Crippen LogP contribution is -1.88. The summed E-state index contributed by atoms with van der Waals surface area (Å²) in [7, 11) is 0. The van der Waals surface area contributed by atoms with Crippen molar-refractivity contribution in [2.75, 3.05) is 5.75 Å². The molecule has 0 spiro atoms. The second-order valence-electron chi connectivity index (χ2n) is 3.27. The van der Waals surface area contributed by atoms with Gasteiger partial charge < -0.3 is 0 Å². The molecule has 1 aromatic rings. The van der Waals surface area contributed by atoms with E-state index in [9.17, 15) is 0 Å². The third-order valence-corrected chi connectivity index (χ3v) is 3.62. The largest absolute Gasteiger partial charge is 0.238 e. The Morgan fingerprint density at radius 1 is 1.58 bits per heavy atom. The van der Waals surface area contributed by atoms with Crippen LogP contribution < -0.4 is 0 Å². The lowest BCUT2D eigenvalue weighted by atomic mass is 10.2. The predicted octanol–water partition coefficient (Wildman–Crippen LogP) is 3.59. The molecule has 3 heteroatoms. The number of hydrogen-bond donors (Lipinski definition) is 0. The quantitative estimate of drug-likeness (QED) is 0.690. The van der Waals surface area contributed by atoms with E-state index >= 15 is 0 Å². The molecule has 1 heterocycles. The highest BCUT2D eigenvalue weighted by Gasteiger charge is 1.99. The van der Waals surface area contributed by atoms with Crippen LogP contribution in [0.1, 0.15) is 25.1 Å². The topological polar surface area (TPSA) is 12.9 Å². The summed E-state index contributed by atoms with van der Waals surface area (Å²) in [6.45, 7) is 6.62. The van der Waals surface area contributed by atoms with Crippen LogP contribution in [0.3, 0.4) is 0 Å². The zero-order valence-electron chi connectivity index (χ0n) is 7.83. The minimum Gasteiger partial charge on any atom is -0.238 e. The average molecular weight is 201 g/mol. The molecule has 0 aliphatic heterocycles. The summed E-state index contributed by atoms with van der Waals surface area (Å²) in [4.78, 5) is 5.60. The van der Waals surface area contributed by atoms with Crippen LogP contribution in [-0.4, -0.2) is 10.7 Å². The molecule has 0 N–H and O–H groups in total. The van der Waals surface area contributed by atoms with Crippen molar-refractivity contribution in [3.8, 4) is 0 Å². The summed E-state index contributed by atoms with van der Waals surface area (Å²) < 4.78 is 1.22. The molecule has 1 rings (SSSR count). The SMILES string of the molecule is Cc1cnc(SCCC(C)C)s1. The molecule has 1 aromatic heterocycles. The van der Waals surface area contributed by atoms with Gasteiger partial charge in [0.1, 0.15) is 4.34 Å². The predicted molar refractivity (Wildman–Crippen MR) is 57.0 cm³/mol. The smallest absolute Gasteiger partial charge is 0.150 e. The summed E-state index contributed by atoms with van der Waals surface area (Å²) in [6.07, 6.45) is 3.23. The van der Waals surface area contributed by atoms with Crippen LogP contribution in [0.25, 0.3) is 0 Å². The van der Waals surface area contributed by atoms with E-state index in [2.05, 4.69) is 25.8 Å². The standard InChI is InChI=1S/C9H15NS2/c1-7(2)4-5-11-9-10-6-8(3)12-9/h6-7H,4-5H2,1-3H3. The van der Waals surface area contributed by atoms with Crippen molar-refractivity contribution in [2.45, 2.75) is 31.5 Å². The summed E-state index contributed by atoms with van der Waals surface area (Å²) in [5.41, 5.74) is 0. The number of thiazole rings is 1. The Morgan fingerprint density at radius 2 is 2.33 bits per heavy atom. The Kier molecular flexibility index (Phi) is 4.09. The van der Waals surface area contributed by atoms with E-state index < -0.39 is 0 Å². The van der Waals surface area contributed by atoms with Gasteiger partial charge in [-0.15, -0.1) is 11.3 Å². The van der Waals surface area contributed by atoms with Gasteiger partial charge >= 0.3 is 0 Å². The highest BCUT2D eigenvalue weighted by molar-refractivity contribution is 8.01. The Bertz CT molecular complexity index is 230. The summed E-state index contributed by atoms with van der Waals surface area (Å²) in [5.74, 6) is 2.00. The van der Waals surface area contributed by atoms with Crippen molar-refractivity contribution in [1.29, 1.82) is 0 Å². The minimum atomic E-state index is 0.804. The van der Waals surface area contributed by atoms with Gasteiger partial charge in [0.15, 0.2) is 0 Å².